The van der Waals surface area contributed by atoms with E-state index in [0.29, 0.717) is 16.3 Å². The summed E-state index contributed by atoms with van der Waals surface area (Å²) < 4.78 is 5.24. The molecule has 0 aliphatic carbocycles. The lowest BCUT2D eigenvalue weighted by Crippen LogP contribution is -2.10. The number of halogens is 1. The Balaban J connectivity index is 2.24. The Morgan fingerprint density at radius 1 is 1.06 bits per heavy atom. The van der Waals surface area contributed by atoms with Gasteiger partial charge >= 0.3 is 5.97 Å². The average molecular weight is 247 g/mol. The fourth-order valence-corrected chi connectivity index (χ4v) is 1.66. The lowest BCUT2D eigenvalue weighted by atomic mass is 10.1. The SMILES string of the molecule is Cc1ccccc1C(=O)Oc1ccccc1Cl. The van der Waals surface area contributed by atoms with Gasteiger partial charge in [-0.1, -0.05) is 41.9 Å². The van der Waals surface area contributed by atoms with Crippen LogP contribution in [0, 0.1) is 6.92 Å². The number of benzene rings is 2. The van der Waals surface area contributed by atoms with Gasteiger partial charge in [-0.3, -0.25) is 0 Å². The normalized spacial score (nSPS) is 10.0. The molecule has 0 aliphatic heterocycles. The fourth-order valence-electron chi connectivity index (χ4n) is 1.48. The van der Waals surface area contributed by atoms with Crippen LogP contribution < -0.4 is 4.74 Å². The van der Waals surface area contributed by atoms with Crippen molar-refractivity contribution in [3.05, 3.63) is 64.7 Å². The van der Waals surface area contributed by atoms with E-state index in [1.165, 1.54) is 0 Å². The van der Waals surface area contributed by atoms with Gasteiger partial charge in [0.25, 0.3) is 0 Å². The van der Waals surface area contributed by atoms with Crippen LogP contribution >= 0.6 is 11.6 Å². The Morgan fingerprint density at radius 3 is 2.41 bits per heavy atom. The molecule has 17 heavy (non-hydrogen) atoms. The molecule has 0 spiro atoms. The highest BCUT2D eigenvalue weighted by atomic mass is 35.5. The molecule has 0 bridgehead atoms. The average Bonchev–Trinajstić information content (AvgIpc) is 2.32. The van der Waals surface area contributed by atoms with Gasteiger partial charge < -0.3 is 4.74 Å². The maximum Gasteiger partial charge on any atom is 0.343 e. The first-order valence-corrected chi connectivity index (χ1v) is 5.58. The molecule has 86 valence electrons. The minimum absolute atomic E-state index is 0.377. The zero-order valence-corrected chi connectivity index (χ0v) is 10.1. The molecule has 0 heterocycles. The van der Waals surface area contributed by atoms with Crippen molar-refractivity contribution in [2.45, 2.75) is 6.92 Å². The van der Waals surface area contributed by atoms with Crippen molar-refractivity contribution in [2.75, 3.05) is 0 Å². The molecule has 2 aromatic carbocycles. The predicted molar refractivity (Wildman–Crippen MR) is 67.6 cm³/mol. The van der Waals surface area contributed by atoms with Gasteiger partial charge in [0.1, 0.15) is 5.75 Å². The summed E-state index contributed by atoms with van der Waals surface area (Å²) in [5.41, 5.74) is 1.43. The van der Waals surface area contributed by atoms with Crippen LogP contribution in [0.1, 0.15) is 15.9 Å². The molecule has 2 aromatic rings. The van der Waals surface area contributed by atoms with E-state index in [4.69, 9.17) is 16.3 Å². The van der Waals surface area contributed by atoms with Crippen LogP contribution in [0.25, 0.3) is 0 Å². The number of rotatable bonds is 2. The van der Waals surface area contributed by atoms with Gasteiger partial charge in [0.15, 0.2) is 0 Å². The third kappa shape index (κ3) is 2.66. The van der Waals surface area contributed by atoms with Crippen molar-refractivity contribution in [3.63, 3.8) is 0 Å². The highest BCUT2D eigenvalue weighted by molar-refractivity contribution is 6.32. The molecule has 0 aliphatic rings. The zero-order valence-electron chi connectivity index (χ0n) is 9.31. The van der Waals surface area contributed by atoms with E-state index < -0.39 is 5.97 Å². The number of hydrogen-bond donors (Lipinski definition) is 0. The summed E-state index contributed by atoms with van der Waals surface area (Å²) in [4.78, 5) is 11.9. The van der Waals surface area contributed by atoms with E-state index in [0.717, 1.165) is 5.56 Å². The second-order valence-electron chi connectivity index (χ2n) is 3.63. The fraction of sp³-hybridized carbons (Fsp3) is 0.0714. The first-order valence-electron chi connectivity index (χ1n) is 5.21. The number of ether oxygens (including phenoxy) is 1. The van der Waals surface area contributed by atoms with E-state index in [-0.39, 0.29) is 0 Å². The molecule has 3 heteroatoms. The predicted octanol–water partition coefficient (Wildman–Crippen LogP) is 3.87. The van der Waals surface area contributed by atoms with Crippen LogP contribution in [0.5, 0.6) is 5.75 Å². The molecule has 0 aromatic heterocycles. The topological polar surface area (TPSA) is 26.3 Å². The van der Waals surface area contributed by atoms with Crippen molar-refractivity contribution >= 4 is 17.6 Å². The van der Waals surface area contributed by atoms with Crippen molar-refractivity contribution in [1.29, 1.82) is 0 Å². The Morgan fingerprint density at radius 2 is 1.71 bits per heavy atom. The Kier molecular flexibility index (Phi) is 3.45. The lowest BCUT2D eigenvalue weighted by molar-refractivity contribution is 0.0734. The largest absolute Gasteiger partial charge is 0.421 e. The third-order valence-electron chi connectivity index (χ3n) is 2.40. The van der Waals surface area contributed by atoms with Gasteiger partial charge in [0, 0.05) is 0 Å². The number of carbonyl (C=O) groups excluding carboxylic acids is 1. The van der Waals surface area contributed by atoms with Crippen molar-refractivity contribution in [3.8, 4) is 5.75 Å². The first-order chi connectivity index (χ1) is 8.18. The van der Waals surface area contributed by atoms with Crippen molar-refractivity contribution in [1.82, 2.24) is 0 Å². The molecule has 0 saturated heterocycles. The summed E-state index contributed by atoms with van der Waals surface area (Å²) in [5, 5.41) is 0.425. The number of aryl methyl sites for hydroxylation is 1. The monoisotopic (exact) mass is 246 g/mol. The number of carbonyl (C=O) groups is 1. The number of hydrogen-bond acceptors (Lipinski definition) is 2. The van der Waals surface area contributed by atoms with Crippen LogP contribution in [-0.2, 0) is 0 Å². The number of esters is 1. The van der Waals surface area contributed by atoms with E-state index in [1.807, 2.05) is 19.1 Å². The van der Waals surface area contributed by atoms with Crippen LogP contribution in [0.3, 0.4) is 0 Å². The van der Waals surface area contributed by atoms with Gasteiger partial charge in [-0.05, 0) is 30.7 Å². The summed E-state index contributed by atoms with van der Waals surface area (Å²) in [5.74, 6) is -0.0152. The van der Waals surface area contributed by atoms with Crippen molar-refractivity contribution < 1.29 is 9.53 Å². The second kappa shape index (κ2) is 5.02. The summed E-state index contributed by atoms with van der Waals surface area (Å²) in [6.45, 7) is 1.86. The summed E-state index contributed by atoms with van der Waals surface area (Å²) in [7, 11) is 0. The molecule has 0 amide bonds. The zero-order chi connectivity index (χ0) is 12.3. The van der Waals surface area contributed by atoms with Gasteiger partial charge in [-0.2, -0.15) is 0 Å². The molecular formula is C14H11ClO2. The van der Waals surface area contributed by atoms with E-state index in [1.54, 1.807) is 36.4 Å². The first kappa shape index (κ1) is 11.7. The lowest BCUT2D eigenvalue weighted by Gasteiger charge is -2.07. The Hall–Kier alpha value is -1.80. The molecule has 0 saturated carbocycles. The minimum atomic E-state index is -0.392. The number of para-hydroxylation sites is 1. The minimum Gasteiger partial charge on any atom is -0.421 e. The smallest absolute Gasteiger partial charge is 0.343 e. The summed E-state index contributed by atoms with van der Waals surface area (Å²) in [6, 6.07) is 14.2. The van der Waals surface area contributed by atoms with Gasteiger partial charge in [-0.15, -0.1) is 0 Å². The summed E-state index contributed by atoms with van der Waals surface area (Å²) in [6.07, 6.45) is 0. The highest BCUT2D eigenvalue weighted by Crippen LogP contribution is 2.24. The third-order valence-corrected chi connectivity index (χ3v) is 2.72. The van der Waals surface area contributed by atoms with Gasteiger partial charge in [0.05, 0.1) is 10.6 Å². The molecule has 0 radical (unpaired) electrons. The molecule has 2 rings (SSSR count). The highest BCUT2D eigenvalue weighted by Gasteiger charge is 2.12. The van der Waals surface area contributed by atoms with Crippen LogP contribution in [0.2, 0.25) is 5.02 Å². The van der Waals surface area contributed by atoms with Crippen LogP contribution in [0.15, 0.2) is 48.5 Å². The molecule has 2 nitrogen and oxygen atoms in total. The van der Waals surface area contributed by atoms with Crippen LogP contribution in [0.4, 0.5) is 0 Å². The maximum atomic E-state index is 11.9. The van der Waals surface area contributed by atoms with Crippen molar-refractivity contribution in [2.24, 2.45) is 0 Å². The van der Waals surface area contributed by atoms with Gasteiger partial charge in [0.2, 0.25) is 0 Å². The standard InChI is InChI=1S/C14H11ClO2/c1-10-6-2-3-7-11(10)14(16)17-13-9-5-4-8-12(13)15/h2-9H,1H3. The molecule has 0 N–H and O–H groups in total. The second-order valence-corrected chi connectivity index (χ2v) is 4.04. The Labute approximate surface area is 105 Å². The quantitative estimate of drug-likeness (QED) is 0.594. The van der Waals surface area contributed by atoms with E-state index in [2.05, 4.69) is 0 Å². The van der Waals surface area contributed by atoms with E-state index >= 15 is 0 Å². The van der Waals surface area contributed by atoms with Crippen LogP contribution in [-0.4, -0.2) is 5.97 Å². The molecular weight excluding hydrogens is 236 g/mol. The summed E-state index contributed by atoms with van der Waals surface area (Å²) >= 11 is 5.92. The maximum absolute atomic E-state index is 11.9. The molecule has 0 atom stereocenters. The van der Waals surface area contributed by atoms with Gasteiger partial charge in [-0.25, -0.2) is 4.79 Å². The molecule has 0 fully saturated rings. The molecule has 0 unspecified atom stereocenters. The Bertz CT molecular complexity index is 549. The van der Waals surface area contributed by atoms with E-state index in [9.17, 15) is 4.79 Å².